The van der Waals surface area contributed by atoms with Crippen molar-refractivity contribution in [3.8, 4) is 50.6 Å². The average Bonchev–Trinajstić information content (AvgIpc) is 3.75. The highest BCUT2D eigenvalue weighted by molar-refractivity contribution is 6.06. The second-order valence-electron chi connectivity index (χ2n) is 12.4. The third-order valence-corrected chi connectivity index (χ3v) is 10.1. The number of hydrogen-bond acceptors (Lipinski definition) is 2. The highest BCUT2D eigenvalue weighted by Gasteiger charge is 2.51. The lowest BCUT2D eigenvalue weighted by Gasteiger charge is -2.30. The van der Waals surface area contributed by atoms with Crippen LogP contribution in [-0.2, 0) is 5.41 Å². The van der Waals surface area contributed by atoms with E-state index in [0.29, 0.717) is 5.56 Å². The fourth-order valence-electron chi connectivity index (χ4n) is 8.15. The number of furan rings is 1. The Balaban J connectivity index is 1.14. The van der Waals surface area contributed by atoms with Crippen molar-refractivity contribution >= 4 is 21.9 Å². The van der Waals surface area contributed by atoms with Gasteiger partial charge in [-0.2, -0.15) is 5.26 Å². The number of para-hydroxylation sites is 1. The molecule has 1 aromatic heterocycles. The molecule has 0 fully saturated rings. The lowest BCUT2D eigenvalue weighted by atomic mass is 9.70. The van der Waals surface area contributed by atoms with E-state index in [9.17, 15) is 5.26 Å². The molecule has 46 heavy (non-hydrogen) atoms. The van der Waals surface area contributed by atoms with Gasteiger partial charge >= 0.3 is 0 Å². The van der Waals surface area contributed by atoms with Gasteiger partial charge in [-0.1, -0.05) is 115 Å². The lowest BCUT2D eigenvalue weighted by Crippen LogP contribution is -2.26. The van der Waals surface area contributed by atoms with Gasteiger partial charge in [0.05, 0.1) is 17.0 Å². The zero-order valence-electron chi connectivity index (χ0n) is 24.8. The van der Waals surface area contributed by atoms with Gasteiger partial charge in [-0.15, -0.1) is 0 Å². The summed E-state index contributed by atoms with van der Waals surface area (Å²) >= 11 is 0. The number of fused-ring (bicyclic) bond motifs is 13. The van der Waals surface area contributed by atoms with Crippen LogP contribution in [0.15, 0.2) is 156 Å². The molecule has 0 unspecified atom stereocenters. The van der Waals surface area contributed by atoms with E-state index in [2.05, 4.69) is 140 Å². The maximum atomic E-state index is 9.94. The second kappa shape index (κ2) is 9.17. The van der Waals surface area contributed by atoms with Crippen LogP contribution in [0.5, 0.6) is 0 Å². The lowest BCUT2D eigenvalue weighted by molar-refractivity contribution is 0.669. The van der Waals surface area contributed by atoms with E-state index < -0.39 is 5.41 Å². The first-order valence-electron chi connectivity index (χ1n) is 15.6. The minimum absolute atomic E-state index is 0.483. The predicted molar refractivity (Wildman–Crippen MR) is 186 cm³/mol. The number of benzene rings is 7. The van der Waals surface area contributed by atoms with Gasteiger partial charge in [0.15, 0.2) is 0 Å². The van der Waals surface area contributed by atoms with Crippen LogP contribution in [0.3, 0.4) is 0 Å². The van der Waals surface area contributed by atoms with Crippen molar-refractivity contribution in [2.75, 3.05) is 0 Å². The van der Waals surface area contributed by atoms with Gasteiger partial charge in [0.1, 0.15) is 11.2 Å². The molecule has 212 valence electrons. The fraction of sp³-hybridized carbons (Fsp3) is 0.0227. The first-order chi connectivity index (χ1) is 22.7. The standard InChI is InChI=1S/C44H25NO/c45-26-27-13-20-34-35-21-18-31(25-41(35)44(40(34)23-27)38-10-4-1-7-32(38)33-8-2-5-11-39(33)44)29-16-14-28(15-17-29)30-19-22-43-37(24-30)36-9-3-6-12-42(36)46-43/h1-25H. The Hall–Kier alpha value is -6.17. The highest BCUT2D eigenvalue weighted by atomic mass is 16.3. The van der Waals surface area contributed by atoms with Gasteiger partial charge in [-0.05, 0) is 103 Å². The summed E-state index contributed by atoms with van der Waals surface area (Å²) in [6, 6.07) is 56.6. The molecule has 1 spiro atoms. The molecule has 0 saturated heterocycles. The summed E-state index contributed by atoms with van der Waals surface area (Å²) in [5.74, 6) is 0. The molecule has 8 aromatic rings. The van der Waals surface area contributed by atoms with Crippen LogP contribution in [0.25, 0.3) is 66.4 Å². The molecule has 1 heterocycles. The van der Waals surface area contributed by atoms with Gasteiger partial charge in [-0.25, -0.2) is 0 Å². The number of rotatable bonds is 2. The Kier molecular flexibility index (Phi) is 5.02. The molecule has 0 bridgehead atoms. The van der Waals surface area contributed by atoms with Crippen LogP contribution in [0, 0.1) is 11.3 Å². The minimum Gasteiger partial charge on any atom is -0.456 e. The summed E-state index contributed by atoms with van der Waals surface area (Å²) in [6.45, 7) is 0. The summed E-state index contributed by atoms with van der Waals surface area (Å²) in [5, 5.41) is 12.2. The third-order valence-electron chi connectivity index (χ3n) is 10.1. The Morgan fingerprint density at radius 1 is 0.413 bits per heavy atom. The van der Waals surface area contributed by atoms with Gasteiger partial charge in [-0.3, -0.25) is 0 Å². The molecule has 0 saturated carbocycles. The maximum Gasteiger partial charge on any atom is 0.135 e. The van der Waals surface area contributed by atoms with Gasteiger partial charge < -0.3 is 4.42 Å². The smallest absolute Gasteiger partial charge is 0.135 e. The van der Waals surface area contributed by atoms with Gasteiger partial charge in [0.25, 0.3) is 0 Å². The van der Waals surface area contributed by atoms with Crippen molar-refractivity contribution in [2.45, 2.75) is 5.41 Å². The monoisotopic (exact) mass is 583 g/mol. The van der Waals surface area contributed by atoms with E-state index >= 15 is 0 Å². The molecule has 0 amide bonds. The van der Waals surface area contributed by atoms with Crippen molar-refractivity contribution in [1.29, 1.82) is 5.26 Å². The molecule has 10 rings (SSSR count). The maximum absolute atomic E-state index is 9.94. The molecule has 0 radical (unpaired) electrons. The van der Waals surface area contributed by atoms with E-state index in [1.165, 1.54) is 66.8 Å². The zero-order chi connectivity index (χ0) is 30.4. The molecule has 2 aliphatic rings. The van der Waals surface area contributed by atoms with Crippen LogP contribution in [0.2, 0.25) is 0 Å². The first kappa shape index (κ1) is 25.2. The molecule has 0 aliphatic heterocycles. The largest absolute Gasteiger partial charge is 0.456 e. The molecule has 7 aromatic carbocycles. The average molecular weight is 584 g/mol. The molecule has 2 aliphatic carbocycles. The highest BCUT2D eigenvalue weighted by Crippen LogP contribution is 2.63. The van der Waals surface area contributed by atoms with Crippen LogP contribution in [0.4, 0.5) is 0 Å². The SMILES string of the molecule is N#Cc1ccc2c(c1)C1(c3ccccc3-c3ccccc31)c1cc(-c3ccc(-c4ccc5oc6ccccc6c5c4)cc3)ccc1-2. The molecule has 0 N–H and O–H groups in total. The number of nitriles is 1. The van der Waals surface area contributed by atoms with Crippen LogP contribution < -0.4 is 0 Å². The van der Waals surface area contributed by atoms with E-state index in [-0.39, 0.29) is 0 Å². The summed E-state index contributed by atoms with van der Waals surface area (Å²) in [7, 11) is 0. The topological polar surface area (TPSA) is 36.9 Å². The Labute approximate surface area is 266 Å². The van der Waals surface area contributed by atoms with Gasteiger partial charge in [0, 0.05) is 10.8 Å². The summed E-state index contributed by atoms with van der Waals surface area (Å²) in [4.78, 5) is 0. The third kappa shape index (κ3) is 3.24. The minimum atomic E-state index is -0.483. The van der Waals surface area contributed by atoms with Crippen molar-refractivity contribution in [3.63, 3.8) is 0 Å². The van der Waals surface area contributed by atoms with Crippen LogP contribution in [-0.4, -0.2) is 0 Å². The predicted octanol–water partition coefficient (Wildman–Crippen LogP) is 11.1. The van der Waals surface area contributed by atoms with E-state index in [0.717, 1.165) is 21.9 Å². The second-order valence-corrected chi connectivity index (χ2v) is 12.4. The van der Waals surface area contributed by atoms with E-state index in [1.54, 1.807) is 0 Å². The molecule has 0 atom stereocenters. The van der Waals surface area contributed by atoms with Crippen LogP contribution in [0.1, 0.15) is 27.8 Å². The van der Waals surface area contributed by atoms with E-state index in [4.69, 9.17) is 4.42 Å². The van der Waals surface area contributed by atoms with Gasteiger partial charge in [0.2, 0.25) is 0 Å². The molecular formula is C44H25NO. The number of hydrogen-bond donors (Lipinski definition) is 0. The van der Waals surface area contributed by atoms with Crippen molar-refractivity contribution in [1.82, 2.24) is 0 Å². The Morgan fingerprint density at radius 2 is 0.935 bits per heavy atom. The molecular weight excluding hydrogens is 558 g/mol. The Morgan fingerprint density at radius 3 is 1.65 bits per heavy atom. The zero-order valence-corrected chi connectivity index (χ0v) is 24.8. The quantitative estimate of drug-likeness (QED) is 0.203. The van der Waals surface area contributed by atoms with Crippen molar-refractivity contribution in [3.05, 3.63) is 179 Å². The summed E-state index contributed by atoms with van der Waals surface area (Å²) in [5.41, 5.74) is 16.7. The van der Waals surface area contributed by atoms with Crippen LogP contribution >= 0.6 is 0 Å². The Bertz CT molecular complexity index is 2550. The van der Waals surface area contributed by atoms with Crippen molar-refractivity contribution < 1.29 is 4.42 Å². The van der Waals surface area contributed by atoms with Crippen molar-refractivity contribution in [2.24, 2.45) is 0 Å². The molecule has 2 nitrogen and oxygen atoms in total. The normalized spacial score (nSPS) is 13.4. The molecule has 2 heteroatoms. The first-order valence-corrected chi connectivity index (χ1v) is 15.6. The van der Waals surface area contributed by atoms with E-state index in [1.807, 2.05) is 18.2 Å². The number of nitrogens with zero attached hydrogens (tertiary/aromatic N) is 1. The summed E-state index contributed by atoms with van der Waals surface area (Å²) < 4.78 is 6.06. The summed E-state index contributed by atoms with van der Waals surface area (Å²) in [6.07, 6.45) is 0. The fourth-order valence-corrected chi connectivity index (χ4v) is 8.15.